The highest BCUT2D eigenvalue weighted by atomic mass is 19.4. The van der Waals surface area contributed by atoms with E-state index in [0.29, 0.717) is 0 Å². The van der Waals surface area contributed by atoms with Gasteiger partial charge in [0, 0.05) is 6.42 Å². The summed E-state index contributed by atoms with van der Waals surface area (Å²) in [6.07, 6.45) is -6.79. The number of hydrogen-bond donors (Lipinski definition) is 0. The van der Waals surface area contributed by atoms with Crippen LogP contribution in [0.1, 0.15) is 26.2 Å². The summed E-state index contributed by atoms with van der Waals surface area (Å²) in [5, 5.41) is 0. The zero-order valence-corrected chi connectivity index (χ0v) is 8.18. The van der Waals surface area contributed by atoms with Gasteiger partial charge in [-0.2, -0.15) is 26.3 Å². The maximum absolute atomic E-state index is 13.3. The van der Waals surface area contributed by atoms with Crippen molar-refractivity contribution in [2.45, 2.75) is 50.0 Å². The van der Waals surface area contributed by atoms with Crippen molar-refractivity contribution in [1.29, 1.82) is 0 Å². The molecule has 1 aliphatic rings. The Hall–Kier alpha value is -0.530. The fraction of sp³-hybridized carbons (Fsp3) is 1.00. The third-order valence-corrected chi connectivity index (χ3v) is 2.37. The van der Waals surface area contributed by atoms with Crippen LogP contribution in [0.3, 0.4) is 0 Å². The monoisotopic (exact) mass is 254 g/mol. The molecule has 0 radical (unpaired) electrons. The van der Waals surface area contributed by atoms with Gasteiger partial charge in [-0.05, 0) is 6.42 Å². The molecule has 0 N–H and O–H groups in total. The predicted molar refractivity (Wildman–Crippen MR) is 39.3 cm³/mol. The molecule has 1 saturated heterocycles. The Labute approximate surface area is 86.6 Å². The molecule has 1 fully saturated rings. The number of unbranched alkanes of at least 4 members (excludes halogenated alkanes) is 1. The van der Waals surface area contributed by atoms with Crippen molar-refractivity contribution in [3.63, 3.8) is 0 Å². The van der Waals surface area contributed by atoms with Gasteiger partial charge in [-0.3, -0.25) is 4.74 Å². The predicted octanol–water partition coefficient (Wildman–Crippen LogP) is 3.74. The molecular weight excluding hydrogens is 245 g/mol. The van der Waals surface area contributed by atoms with Crippen molar-refractivity contribution >= 4 is 0 Å². The lowest BCUT2D eigenvalue weighted by atomic mass is 10.0. The first kappa shape index (κ1) is 13.5. The zero-order chi connectivity index (χ0) is 12.8. The summed E-state index contributed by atoms with van der Waals surface area (Å²) in [6.45, 7) is 1.47. The van der Waals surface area contributed by atoms with Gasteiger partial charge in [-0.25, -0.2) is 4.39 Å². The van der Waals surface area contributed by atoms with Crippen molar-refractivity contribution < 1.29 is 35.5 Å². The summed E-state index contributed by atoms with van der Waals surface area (Å²) < 4.78 is 92.0. The van der Waals surface area contributed by atoms with E-state index in [1.54, 1.807) is 0 Å². The van der Waals surface area contributed by atoms with Crippen LogP contribution in [-0.2, 0) is 4.74 Å². The van der Waals surface area contributed by atoms with E-state index in [1.165, 1.54) is 6.92 Å². The van der Waals surface area contributed by atoms with Gasteiger partial charge in [-0.15, -0.1) is 0 Å². The van der Waals surface area contributed by atoms with Crippen LogP contribution in [-0.4, -0.2) is 23.8 Å². The molecule has 0 aromatic rings. The molecular formula is C8H9F7O. The van der Waals surface area contributed by atoms with Crippen LogP contribution in [0.25, 0.3) is 0 Å². The second-order valence-corrected chi connectivity index (χ2v) is 3.60. The van der Waals surface area contributed by atoms with Crippen molar-refractivity contribution in [2.75, 3.05) is 0 Å². The SMILES string of the molecule is CCCCC1(F)OC(F)(F)C(F)(F)C1(F)F. The van der Waals surface area contributed by atoms with Gasteiger partial charge >= 0.3 is 18.0 Å². The molecule has 0 bridgehead atoms. The van der Waals surface area contributed by atoms with Gasteiger partial charge in [-0.1, -0.05) is 13.3 Å². The average molecular weight is 254 g/mol. The van der Waals surface area contributed by atoms with Gasteiger partial charge in [0.25, 0.3) is 5.85 Å². The molecule has 0 aromatic heterocycles. The third kappa shape index (κ3) is 1.49. The summed E-state index contributed by atoms with van der Waals surface area (Å²) in [7, 11) is 0. The molecule has 1 unspecified atom stereocenters. The van der Waals surface area contributed by atoms with Crippen molar-refractivity contribution in [2.24, 2.45) is 0 Å². The molecule has 1 nitrogen and oxygen atoms in total. The lowest BCUT2D eigenvalue weighted by Crippen LogP contribution is -2.52. The van der Waals surface area contributed by atoms with Crippen molar-refractivity contribution in [1.82, 2.24) is 0 Å². The summed E-state index contributed by atoms with van der Waals surface area (Å²) in [5.41, 5.74) is 0. The Kier molecular flexibility index (Phi) is 2.94. The maximum atomic E-state index is 13.3. The Morgan fingerprint density at radius 2 is 1.38 bits per heavy atom. The topological polar surface area (TPSA) is 9.23 Å². The molecule has 16 heavy (non-hydrogen) atoms. The van der Waals surface area contributed by atoms with E-state index in [4.69, 9.17) is 0 Å². The number of rotatable bonds is 3. The first-order valence-corrected chi connectivity index (χ1v) is 4.54. The summed E-state index contributed by atoms with van der Waals surface area (Å²) >= 11 is 0. The molecule has 1 heterocycles. The highest BCUT2D eigenvalue weighted by Gasteiger charge is 2.89. The van der Waals surface area contributed by atoms with E-state index in [-0.39, 0.29) is 12.8 Å². The standard InChI is InChI=1S/C8H9F7O/c1-2-3-4-5(9)6(10,11)7(12,13)8(14,15)16-5/h2-4H2,1H3. The van der Waals surface area contributed by atoms with Gasteiger partial charge < -0.3 is 0 Å². The second kappa shape index (κ2) is 3.48. The number of alkyl halides is 7. The molecule has 96 valence electrons. The third-order valence-electron chi connectivity index (χ3n) is 2.37. The molecule has 0 aliphatic carbocycles. The van der Waals surface area contributed by atoms with E-state index in [0.717, 1.165) is 0 Å². The fourth-order valence-corrected chi connectivity index (χ4v) is 1.36. The molecule has 1 atom stereocenters. The number of ether oxygens (including phenoxy) is 1. The molecule has 0 aromatic carbocycles. The van der Waals surface area contributed by atoms with Crippen LogP contribution in [0.15, 0.2) is 0 Å². The molecule has 0 spiro atoms. The summed E-state index contributed by atoms with van der Waals surface area (Å²) in [6, 6.07) is 0. The van der Waals surface area contributed by atoms with E-state index >= 15 is 0 Å². The van der Waals surface area contributed by atoms with Gasteiger partial charge in [0.2, 0.25) is 0 Å². The van der Waals surface area contributed by atoms with Crippen molar-refractivity contribution in [3.8, 4) is 0 Å². The first-order valence-electron chi connectivity index (χ1n) is 4.54. The van der Waals surface area contributed by atoms with Gasteiger partial charge in [0.15, 0.2) is 0 Å². The van der Waals surface area contributed by atoms with Crippen LogP contribution in [0.2, 0.25) is 0 Å². The zero-order valence-electron chi connectivity index (χ0n) is 8.18. The maximum Gasteiger partial charge on any atom is 0.428 e. The van der Waals surface area contributed by atoms with E-state index in [1.807, 2.05) is 0 Å². The Bertz CT molecular complexity index is 278. The van der Waals surface area contributed by atoms with Crippen molar-refractivity contribution in [3.05, 3.63) is 0 Å². The van der Waals surface area contributed by atoms with Crippen LogP contribution in [0.4, 0.5) is 30.7 Å². The minimum atomic E-state index is -5.84. The van der Waals surface area contributed by atoms with E-state index < -0.39 is 30.2 Å². The Morgan fingerprint density at radius 3 is 1.69 bits per heavy atom. The minimum Gasteiger partial charge on any atom is -0.272 e. The largest absolute Gasteiger partial charge is 0.428 e. The lowest BCUT2D eigenvalue weighted by molar-refractivity contribution is -0.338. The normalized spacial score (nSPS) is 35.2. The summed E-state index contributed by atoms with van der Waals surface area (Å²) in [4.78, 5) is 0. The van der Waals surface area contributed by atoms with E-state index in [9.17, 15) is 30.7 Å². The lowest BCUT2D eigenvalue weighted by Gasteiger charge is -2.25. The van der Waals surface area contributed by atoms with E-state index in [2.05, 4.69) is 4.74 Å². The highest BCUT2D eigenvalue weighted by Crippen LogP contribution is 2.61. The fourth-order valence-electron chi connectivity index (χ4n) is 1.36. The van der Waals surface area contributed by atoms with Crippen LogP contribution >= 0.6 is 0 Å². The van der Waals surface area contributed by atoms with Gasteiger partial charge in [0.1, 0.15) is 0 Å². The van der Waals surface area contributed by atoms with Gasteiger partial charge in [0.05, 0.1) is 0 Å². The quantitative estimate of drug-likeness (QED) is 0.697. The molecule has 8 heteroatoms. The van der Waals surface area contributed by atoms with Crippen LogP contribution < -0.4 is 0 Å². The Morgan fingerprint density at radius 1 is 0.875 bits per heavy atom. The molecule has 0 saturated carbocycles. The molecule has 1 rings (SSSR count). The smallest absolute Gasteiger partial charge is 0.272 e. The van der Waals surface area contributed by atoms with Crippen LogP contribution in [0, 0.1) is 0 Å². The summed E-state index contributed by atoms with van der Waals surface area (Å²) in [5.74, 6) is -15.7. The average Bonchev–Trinajstić information content (AvgIpc) is 2.20. The Balaban J connectivity index is 3.08. The van der Waals surface area contributed by atoms with Crippen LogP contribution in [0.5, 0.6) is 0 Å². The first-order chi connectivity index (χ1) is 7.02. The minimum absolute atomic E-state index is 0.183. The second-order valence-electron chi connectivity index (χ2n) is 3.60. The highest BCUT2D eigenvalue weighted by molar-refractivity contribution is 5.07. The molecule has 1 aliphatic heterocycles. The molecule has 0 amide bonds. The number of hydrogen-bond acceptors (Lipinski definition) is 1. The number of halogens is 7.